The van der Waals surface area contributed by atoms with E-state index in [1.807, 2.05) is 35.2 Å². The van der Waals surface area contributed by atoms with Crippen LogP contribution in [-0.2, 0) is 16.1 Å². The van der Waals surface area contributed by atoms with Crippen molar-refractivity contribution in [3.05, 3.63) is 42.7 Å². The van der Waals surface area contributed by atoms with Crippen LogP contribution in [0.5, 0.6) is 5.75 Å². The van der Waals surface area contributed by atoms with Crippen LogP contribution >= 0.6 is 0 Å². The minimum Gasteiger partial charge on any atom is -0.508 e. The lowest BCUT2D eigenvalue weighted by atomic mass is 10.1. The van der Waals surface area contributed by atoms with Crippen molar-refractivity contribution < 1.29 is 14.6 Å². The molecule has 4 heteroatoms. The van der Waals surface area contributed by atoms with Crippen LogP contribution in [-0.4, -0.2) is 22.8 Å². The number of nitrogens with zero attached hydrogens (tertiary/aromatic N) is 1. The van der Waals surface area contributed by atoms with Gasteiger partial charge in [0, 0.05) is 18.9 Å². The first kappa shape index (κ1) is 12.2. The van der Waals surface area contributed by atoms with Crippen LogP contribution in [0.2, 0.25) is 0 Å². The van der Waals surface area contributed by atoms with Crippen LogP contribution in [0, 0.1) is 0 Å². The van der Waals surface area contributed by atoms with Crippen LogP contribution in [0.1, 0.15) is 6.42 Å². The number of carbonyl (C=O) groups excluding carboxylic acids is 1. The molecule has 94 valence electrons. The first-order valence-corrected chi connectivity index (χ1v) is 5.71. The van der Waals surface area contributed by atoms with E-state index in [0.717, 1.165) is 11.1 Å². The van der Waals surface area contributed by atoms with Crippen LogP contribution in [0.4, 0.5) is 0 Å². The highest BCUT2D eigenvalue weighted by molar-refractivity contribution is 5.69. The van der Waals surface area contributed by atoms with Gasteiger partial charge in [0.25, 0.3) is 0 Å². The Balaban J connectivity index is 2.06. The lowest BCUT2D eigenvalue weighted by molar-refractivity contribution is -0.140. The molecule has 1 N–H and O–H groups in total. The Morgan fingerprint density at radius 1 is 1.22 bits per heavy atom. The van der Waals surface area contributed by atoms with E-state index < -0.39 is 0 Å². The number of rotatable bonds is 4. The number of carbonyl (C=O) groups is 1. The third-order valence-corrected chi connectivity index (χ3v) is 2.75. The van der Waals surface area contributed by atoms with Gasteiger partial charge < -0.3 is 14.4 Å². The van der Waals surface area contributed by atoms with Gasteiger partial charge in [0.2, 0.25) is 0 Å². The summed E-state index contributed by atoms with van der Waals surface area (Å²) in [6.45, 7) is 0.602. The number of aryl methyl sites for hydroxylation is 1. The molecule has 0 radical (unpaired) electrons. The molecule has 0 spiro atoms. The molecule has 1 heterocycles. The highest BCUT2D eigenvalue weighted by Crippen LogP contribution is 2.22. The Morgan fingerprint density at radius 3 is 2.61 bits per heavy atom. The van der Waals surface area contributed by atoms with Gasteiger partial charge in [0.05, 0.1) is 13.5 Å². The van der Waals surface area contributed by atoms with Crippen LogP contribution < -0.4 is 0 Å². The van der Waals surface area contributed by atoms with Gasteiger partial charge in [-0.1, -0.05) is 12.1 Å². The maximum absolute atomic E-state index is 11.0. The summed E-state index contributed by atoms with van der Waals surface area (Å²) in [5.74, 6) is 0.0405. The van der Waals surface area contributed by atoms with Crippen LogP contribution in [0.25, 0.3) is 11.1 Å². The maximum Gasteiger partial charge on any atom is 0.307 e. The summed E-state index contributed by atoms with van der Waals surface area (Å²) in [4.78, 5) is 11.0. The van der Waals surface area contributed by atoms with E-state index in [1.54, 1.807) is 12.1 Å². The minimum absolute atomic E-state index is 0.213. The number of aromatic nitrogens is 1. The van der Waals surface area contributed by atoms with E-state index in [0.29, 0.717) is 13.0 Å². The molecular weight excluding hydrogens is 230 g/mol. The van der Waals surface area contributed by atoms with Crippen molar-refractivity contribution >= 4 is 5.97 Å². The van der Waals surface area contributed by atoms with Crippen molar-refractivity contribution in [3.8, 4) is 16.9 Å². The molecule has 0 aliphatic carbocycles. The maximum atomic E-state index is 11.0. The Kier molecular flexibility index (Phi) is 3.67. The Labute approximate surface area is 105 Å². The molecule has 0 atom stereocenters. The second-order valence-corrected chi connectivity index (χ2v) is 4.01. The van der Waals surface area contributed by atoms with E-state index in [1.165, 1.54) is 7.11 Å². The average Bonchev–Trinajstić information content (AvgIpc) is 2.85. The highest BCUT2D eigenvalue weighted by atomic mass is 16.5. The second kappa shape index (κ2) is 5.40. The molecule has 1 aromatic carbocycles. The normalized spacial score (nSPS) is 10.3. The average molecular weight is 245 g/mol. The third-order valence-electron chi connectivity index (χ3n) is 2.75. The van der Waals surface area contributed by atoms with Gasteiger partial charge in [-0.15, -0.1) is 0 Å². The number of ether oxygens (including phenoxy) is 1. The monoisotopic (exact) mass is 245 g/mol. The predicted octanol–water partition coefficient (Wildman–Crippen LogP) is 2.42. The Morgan fingerprint density at radius 2 is 1.94 bits per heavy atom. The minimum atomic E-state index is -0.213. The van der Waals surface area contributed by atoms with E-state index in [4.69, 9.17) is 0 Å². The SMILES string of the molecule is COC(=O)CCn1ccc(-c2ccc(O)cc2)c1. The number of phenols is 1. The summed E-state index contributed by atoms with van der Waals surface area (Å²) in [5, 5.41) is 9.22. The summed E-state index contributed by atoms with van der Waals surface area (Å²) in [6, 6.07) is 9.00. The fourth-order valence-corrected chi connectivity index (χ4v) is 1.73. The molecule has 0 fully saturated rings. The number of aromatic hydroxyl groups is 1. The molecule has 0 aliphatic rings. The number of hydrogen-bond acceptors (Lipinski definition) is 3. The van der Waals surface area contributed by atoms with Crippen molar-refractivity contribution in [2.75, 3.05) is 7.11 Å². The summed E-state index contributed by atoms with van der Waals surface area (Å²) in [7, 11) is 1.39. The summed E-state index contributed by atoms with van der Waals surface area (Å²) >= 11 is 0. The van der Waals surface area contributed by atoms with Crippen molar-refractivity contribution in [1.29, 1.82) is 0 Å². The van der Waals surface area contributed by atoms with Gasteiger partial charge in [-0.05, 0) is 29.3 Å². The fraction of sp³-hybridized carbons (Fsp3) is 0.214. The van der Waals surface area contributed by atoms with Crippen LogP contribution in [0.15, 0.2) is 42.7 Å². The molecule has 18 heavy (non-hydrogen) atoms. The quantitative estimate of drug-likeness (QED) is 0.842. The molecule has 1 aromatic heterocycles. The van der Waals surface area contributed by atoms with Gasteiger partial charge in [-0.3, -0.25) is 4.79 Å². The molecule has 0 aliphatic heterocycles. The summed E-state index contributed by atoms with van der Waals surface area (Å²) < 4.78 is 6.54. The Hall–Kier alpha value is -2.23. The Bertz CT molecular complexity index is 528. The molecule has 0 bridgehead atoms. The molecular formula is C14H15NO3. The predicted molar refractivity (Wildman–Crippen MR) is 68.2 cm³/mol. The number of benzene rings is 1. The summed E-state index contributed by atoms with van der Waals surface area (Å²) in [6.07, 6.45) is 4.25. The standard InChI is InChI=1S/C14H15NO3/c1-18-14(17)7-9-15-8-6-12(10-15)11-2-4-13(16)5-3-11/h2-6,8,10,16H,7,9H2,1H3. The largest absolute Gasteiger partial charge is 0.508 e. The molecule has 0 unspecified atom stereocenters. The molecule has 2 aromatic rings. The number of methoxy groups -OCH3 is 1. The third kappa shape index (κ3) is 2.91. The van der Waals surface area contributed by atoms with Gasteiger partial charge in [0.1, 0.15) is 5.75 Å². The lowest BCUT2D eigenvalue weighted by Gasteiger charge is -2.01. The first-order chi connectivity index (χ1) is 8.69. The van der Waals surface area contributed by atoms with Crippen molar-refractivity contribution in [2.45, 2.75) is 13.0 Å². The highest BCUT2D eigenvalue weighted by Gasteiger charge is 2.03. The fourth-order valence-electron chi connectivity index (χ4n) is 1.73. The zero-order chi connectivity index (χ0) is 13.0. The topological polar surface area (TPSA) is 51.5 Å². The second-order valence-electron chi connectivity index (χ2n) is 4.01. The van der Waals surface area contributed by atoms with Gasteiger partial charge in [-0.2, -0.15) is 0 Å². The first-order valence-electron chi connectivity index (χ1n) is 5.71. The van der Waals surface area contributed by atoms with E-state index in [-0.39, 0.29) is 11.7 Å². The smallest absolute Gasteiger partial charge is 0.307 e. The van der Waals surface area contributed by atoms with E-state index in [9.17, 15) is 9.90 Å². The van der Waals surface area contributed by atoms with Gasteiger partial charge in [0.15, 0.2) is 0 Å². The summed E-state index contributed by atoms with van der Waals surface area (Å²) in [5.41, 5.74) is 2.09. The zero-order valence-corrected chi connectivity index (χ0v) is 10.2. The molecule has 0 saturated heterocycles. The van der Waals surface area contributed by atoms with Gasteiger partial charge >= 0.3 is 5.97 Å². The number of hydrogen-bond donors (Lipinski definition) is 1. The molecule has 4 nitrogen and oxygen atoms in total. The van der Waals surface area contributed by atoms with Crippen LogP contribution in [0.3, 0.4) is 0 Å². The zero-order valence-electron chi connectivity index (χ0n) is 10.2. The van der Waals surface area contributed by atoms with Gasteiger partial charge in [-0.25, -0.2) is 0 Å². The molecule has 2 rings (SSSR count). The number of phenolic OH excluding ortho intramolecular Hbond substituents is 1. The van der Waals surface area contributed by atoms with Crippen molar-refractivity contribution in [3.63, 3.8) is 0 Å². The lowest BCUT2D eigenvalue weighted by Crippen LogP contribution is -2.05. The number of esters is 1. The van der Waals surface area contributed by atoms with E-state index in [2.05, 4.69) is 4.74 Å². The molecule has 0 saturated carbocycles. The molecule has 0 amide bonds. The van der Waals surface area contributed by atoms with E-state index >= 15 is 0 Å². The van der Waals surface area contributed by atoms with Crippen molar-refractivity contribution in [1.82, 2.24) is 4.57 Å². The van der Waals surface area contributed by atoms with Crippen molar-refractivity contribution in [2.24, 2.45) is 0 Å².